The smallest absolute Gasteiger partial charge is 0.355 e. The largest absolute Gasteiger partial charge is 0.433 e. The highest BCUT2D eigenvalue weighted by Crippen LogP contribution is 2.29. The van der Waals surface area contributed by atoms with E-state index in [1.165, 1.54) is 6.07 Å². The zero-order chi connectivity index (χ0) is 12.5. The quantitative estimate of drug-likeness (QED) is 0.724. The summed E-state index contributed by atoms with van der Waals surface area (Å²) in [4.78, 5) is 5.45. The van der Waals surface area contributed by atoms with E-state index in [4.69, 9.17) is 11.6 Å². The van der Waals surface area contributed by atoms with E-state index in [1.54, 1.807) is 11.0 Å². The lowest BCUT2D eigenvalue weighted by Gasteiger charge is -2.31. The number of alkyl halides is 4. The summed E-state index contributed by atoms with van der Waals surface area (Å²) in [5.74, 6) is 0.352. The van der Waals surface area contributed by atoms with Gasteiger partial charge in [-0.15, -0.1) is 11.6 Å². The van der Waals surface area contributed by atoms with Gasteiger partial charge in [-0.05, 0) is 25.0 Å². The molecule has 1 aromatic rings. The van der Waals surface area contributed by atoms with E-state index in [0.717, 1.165) is 18.9 Å². The Morgan fingerprint density at radius 1 is 1.35 bits per heavy atom. The lowest BCUT2D eigenvalue weighted by Crippen LogP contribution is -2.36. The molecule has 1 aliphatic rings. The average molecular weight is 265 g/mol. The van der Waals surface area contributed by atoms with Crippen molar-refractivity contribution in [3.05, 3.63) is 23.9 Å². The summed E-state index contributed by atoms with van der Waals surface area (Å²) in [5.41, 5.74) is -0.855. The van der Waals surface area contributed by atoms with E-state index in [1.807, 2.05) is 0 Å². The van der Waals surface area contributed by atoms with E-state index >= 15 is 0 Å². The molecule has 1 fully saturated rings. The molecule has 1 saturated heterocycles. The van der Waals surface area contributed by atoms with Gasteiger partial charge in [-0.25, -0.2) is 4.98 Å². The monoisotopic (exact) mass is 264 g/mol. The Balaban J connectivity index is 2.21. The first kappa shape index (κ1) is 12.5. The molecule has 0 spiro atoms. The zero-order valence-corrected chi connectivity index (χ0v) is 9.80. The van der Waals surface area contributed by atoms with Gasteiger partial charge in [-0.3, -0.25) is 0 Å². The Bertz CT molecular complexity index is 395. The number of nitrogens with zero attached hydrogens (tertiary/aromatic N) is 2. The standard InChI is InChI=1S/C11H12ClF3N2/c12-8-3-2-6-17(7-8)10-5-1-4-9(16-10)11(13,14)15/h1,4-5,8H,2-3,6-7H2. The Hall–Kier alpha value is -0.970. The third kappa shape index (κ3) is 3.03. The van der Waals surface area contributed by atoms with Crippen LogP contribution in [0.5, 0.6) is 0 Å². The van der Waals surface area contributed by atoms with Crippen LogP contribution in [0.1, 0.15) is 18.5 Å². The molecule has 0 aromatic carbocycles. The van der Waals surface area contributed by atoms with E-state index < -0.39 is 11.9 Å². The Morgan fingerprint density at radius 2 is 2.12 bits per heavy atom. The van der Waals surface area contributed by atoms with Gasteiger partial charge in [-0.2, -0.15) is 13.2 Å². The summed E-state index contributed by atoms with van der Waals surface area (Å²) < 4.78 is 37.5. The van der Waals surface area contributed by atoms with Crippen molar-refractivity contribution < 1.29 is 13.2 Å². The fourth-order valence-electron chi connectivity index (χ4n) is 1.89. The molecule has 0 bridgehead atoms. The van der Waals surface area contributed by atoms with Gasteiger partial charge in [0, 0.05) is 13.1 Å². The summed E-state index contributed by atoms with van der Waals surface area (Å²) in [6, 6.07) is 3.94. The molecule has 1 aromatic heterocycles. The minimum Gasteiger partial charge on any atom is -0.355 e. The molecular weight excluding hydrogens is 253 g/mol. The maximum absolute atomic E-state index is 12.5. The fourth-order valence-corrected chi connectivity index (χ4v) is 2.21. The number of halogens is 4. The first-order chi connectivity index (χ1) is 7.97. The van der Waals surface area contributed by atoms with Crippen molar-refractivity contribution in [3.63, 3.8) is 0 Å². The van der Waals surface area contributed by atoms with Crippen LogP contribution in [0.2, 0.25) is 0 Å². The van der Waals surface area contributed by atoms with Crippen molar-refractivity contribution in [3.8, 4) is 0 Å². The van der Waals surface area contributed by atoms with Gasteiger partial charge >= 0.3 is 6.18 Å². The molecule has 0 amide bonds. The summed E-state index contributed by atoms with van der Waals surface area (Å²) in [5, 5.41) is -0.0138. The predicted molar refractivity (Wildman–Crippen MR) is 60.3 cm³/mol. The number of pyridine rings is 1. The normalized spacial score (nSPS) is 21.6. The van der Waals surface area contributed by atoms with Crippen LogP contribution in [-0.4, -0.2) is 23.5 Å². The van der Waals surface area contributed by atoms with Gasteiger partial charge in [0.1, 0.15) is 11.5 Å². The van der Waals surface area contributed by atoms with Gasteiger partial charge < -0.3 is 4.90 Å². The number of aromatic nitrogens is 1. The zero-order valence-electron chi connectivity index (χ0n) is 9.04. The average Bonchev–Trinajstić information content (AvgIpc) is 2.28. The van der Waals surface area contributed by atoms with Gasteiger partial charge in [0.15, 0.2) is 0 Å². The maximum atomic E-state index is 12.5. The first-order valence-electron chi connectivity index (χ1n) is 5.40. The molecule has 1 atom stereocenters. The number of hydrogen-bond donors (Lipinski definition) is 0. The Kier molecular flexibility index (Phi) is 3.47. The second-order valence-electron chi connectivity index (χ2n) is 4.06. The van der Waals surface area contributed by atoms with Crippen LogP contribution in [-0.2, 0) is 6.18 Å². The molecule has 94 valence electrons. The minimum atomic E-state index is -4.40. The predicted octanol–water partition coefficient (Wildman–Crippen LogP) is 3.31. The molecule has 2 heterocycles. The Labute approximate surface area is 102 Å². The van der Waals surface area contributed by atoms with Crippen molar-refractivity contribution in [2.24, 2.45) is 0 Å². The number of hydrogen-bond acceptors (Lipinski definition) is 2. The molecule has 0 N–H and O–H groups in total. The molecule has 0 saturated carbocycles. The number of piperidine rings is 1. The van der Waals surface area contributed by atoms with Gasteiger partial charge in [0.05, 0.1) is 5.38 Å². The highest BCUT2D eigenvalue weighted by Gasteiger charge is 2.33. The summed E-state index contributed by atoms with van der Waals surface area (Å²) in [6.07, 6.45) is -2.62. The lowest BCUT2D eigenvalue weighted by atomic mass is 10.1. The van der Waals surface area contributed by atoms with E-state index in [0.29, 0.717) is 18.9 Å². The van der Waals surface area contributed by atoms with Crippen LogP contribution in [0.15, 0.2) is 18.2 Å². The van der Waals surface area contributed by atoms with Crippen molar-refractivity contribution in [1.82, 2.24) is 4.98 Å². The number of rotatable bonds is 1. The van der Waals surface area contributed by atoms with Crippen LogP contribution in [0.4, 0.5) is 19.0 Å². The van der Waals surface area contributed by atoms with Gasteiger partial charge in [-0.1, -0.05) is 6.07 Å². The third-order valence-electron chi connectivity index (χ3n) is 2.71. The second kappa shape index (κ2) is 4.72. The summed E-state index contributed by atoms with van der Waals surface area (Å²) in [6.45, 7) is 1.26. The highest BCUT2D eigenvalue weighted by molar-refractivity contribution is 6.21. The van der Waals surface area contributed by atoms with Gasteiger partial charge in [0.25, 0.3) is 0 Å². The van der Waals surface area contributed by atoms with Gasteiger partial charge in [0.2, 0.25) is 0 Å². The maximum Gasteiger partial charge on any atom is 0.433 e. The first-order valence-corrected chi connectivity index (χ1v) is 5.84. The van der Waals surface area contributed by atoms with Crippen molar-refractivity contribution in [1.29, 1.82) is 0 Å². The molecule has 1 aliphatic heterocycles. The SMILES string of the molecule is FC(F)(F)c1cccc(N2CCCC(Cl)C2)n1. The summed E-state index contributed by atoms with van der Waals surface area (Å²) in [7, 11) is 0. The minimum absolute atomic E-state index is 0.0138. The molecule has 2 nitrogen and oxygen atoms in total. The van der Waals surface area contributed by atoms with Crippen molar-refractivity contribution >= 4 is 17.4 Å². The van der Waals surface area contributed by atoms with E-state index in [-0.39, 0.29) is 5.38 Å². The summed E-state index contributed by atoms with van der Waals surface area (Å²) >= 11 is 6.00. The van der Waals surface area contributed by atoms with Crippen molar-refractivity contribution in [2.75, 3.05) is 18.0 Å². The van der Waals surface area contributed by atoms with Crippen LogP contribution in [0.3, 0.4) is 0 Å². The third-order valence-corrected chi connectivity index (χ3v) is 3.07. The van der Waals surface area contributed by atoms with Crippen LogP contribution in [0, 0.1) is 0 Å². The highest BCUT2D eigenvalue weighted by atomic mass is 35.5. The lowest BCUT2D eigenvalue weighted by molar-refractivity contribution is -0.141. The second-order valence-corrected chi connectivity index (χ2v) is 4.68. The van der Waals surface area contributed by atoms with Crippen LogP contribution in [0.25, 0.3) is 0 Å². The Morgan fingerprint density at radius 3 is 2.76 bits per heavy atom. The number of anilines is 1. The van der Waals surface area contributed by atoms with E-state index in [9.17, 15) is 13.2 Å². The van der Waals surface area contributed by atoms with Crippen molar-refractivity contribution in [2.45, 2.75) is 24.4 Å². The topological polar surface area (TPSA) is 16.1 Å². The molecular formula is C11H12ClF3N2. The van der Waals surface area contributed by atoms with Crippen LogP contribution < -0.4 is 4.90 Å². The molecule has 6 heteroatoms. The van der Waals surface area contributed by atoms with E-state index in [2.05, 4.69) is 4.98 Å². The molecule has 0 aliphatic carbocycles. The molecule has 1 unspecified atom stereocenters. The molecule has 17 heavy (non-hydrogen) atoms. The molecule has 0 radical (unpaired) electrons. The molecule has 2 rings (SSSR count). The fraction of sp³-hybridized carbons (Fsp3) is 0.545. The van der Waals surface area contributed by atoms with Crippen LogP contribution >= 0.6 is 11.6 Å².